The number of aromatic nitrogens is 1. The standard InChI is InChI=1S/C11H17N3O3/c1-7-3-9(17-14-7)6-13-11(15)10-4-8(16-2)5-12-10/h3,8,10,12H,4-6H2,1-2H3,(H,13,15). The van der Waals surface area contributed by atoms with Crippen molar-refractivity contribution in [2.45, 2.75) is 32.0 Å². The van der Waals surface area contributed by atoms with Crippen molar-refractivity contribution in [1.29, 1.82) is 0 Å². The first kappa shape index (κ1) is 12.1. The zero-order valence-corrected chi connectivity index (χ0v) is 10.0. The van der Waals surface area contributed by atoms with Crippen molar-refractivity contribution in [1.82, 2.24) is 15.8 Å². The third-order valence-corrected chi connectivity index (χ3v) is 2.85. The van der Waals surface area contributed by atoms with Gasteiger partial charge in [0.2, 0.25) is 5.91 Å². The number of hydrogen-bond acceptors (Lipinski definition) is 5. The SMILES string of the molecule is COC1CNC(C(=O)NCc2cc(C)no2)C1. The largest absolute Gasteiger partial charge is 0.380 e. The van der Waals surface area contributed by atoms with Gasteiger partial charge in [0.15, 0.2) is 5.76 Å². The van der Waals surface area contributed by atoms with Crippen molar-refractivity contribution in [3.8, 4) is 0 Å². The molecule has 1 aromatic rings. The molecular formula is C11H17N3O3. The van der Waals surface area contributed by atoms with Crippen LogP contribution in [0.25, 0.3) is 0 Å². The van der Waals surface area contributed by atoms with Gasteiger partial charge in [-0.1, -0.05) is 5.16 Å². The highest BCUT2D eigenvalue weighted by Crippen LogP contribution is 2.10. The van der Waals surface area contributed by atoms with Crippen molar-refractivity contribution >= 4 is 5.91 Å². The zero-order chi connectivity index (χ0) is 12.3. The minimum Gasteiger partial charge on any atom is -0.380 e. The third kappa shape index (κ3) is 3.04. The monoisotopic (exact) mass is 239 g/mol. The maximum absolute atomic E-state index is 11.8. The van der Waals surface area contributed by atoms with Gasteiger partial charge >= 0.3 is 0 Å². The van der Waals surface area contributed by atoms with E-state index in [0.717, 1.165) is 12.2 Å². The van der Waals surface area contributed by atoms with E-state index in [0.29, 0.717) is 18.7 Å². The molecule has 6 nitrogen and oxygen atoms in total. The first-order valence-corrected chi connectivity index (χ1v) is 5.65. The fourth-order valence-corrected chi connectivity index (χ4v) is 1.88. The summed E-state index contributed by atoms with van der Waals surface area (Å²) in [6.45, 7) is 2.93. The highest BCUT2D eigenvalue weighted by molar-refractivity contribution is 5.82. The minimum absolute atomic E-state index is 0.0291. The number of carbonyl (C=O) groups excluding carboxylic acids is 1. The van der Waals surface area contributed by atoms with Gasteiger partial charge in [-0.2, -0.15) is 0 Å². The fraction of sp³-hybridized carbons (Fsp3) is 0.636. The highest BCUT2D eigenvalue weighted by atomic mass is 16.5. The van der Waals surface area contributed by atoms with Gasteiger partial charge in [-0.05, 0) is 13.3 Å². The molecule has 1 fully saturated rings. The number of amides is 1. The van der Waals surface area contributed by atoms with Crippen LogP contribution >= 0.6 is 0 Å². The van der Waals surface area contributed by atoms with E-state index < -0.39 is 0 Å². The lowest BCUT2D eigenvalue weighted by Gasteiger charge is -2.09. The Kier molecular flexibility index (Phi) is 3.75. The second kappa shape index (κ2) is 5.29. The molecule has 1 aliphatic rings. The summed E-state index contributed by atoms with van der Waals surface area (Å²) >= 11 is 0. The van der Waals surface area contributed by atoms with E-state index >= 15 is 0 Å². The molecule has 0 aliphatic carbocycles. The van der Waals surface area contributed by atoms with Crippen molar-refractivity contribution in [2.75, 3.05) is 13.7 Å². The molecule has 2 rings (SSSR count). The molecule has 0 bridgehead atoms. The number of carbonyl (C=O) groups is 1. The van der Waals surface area contributed by atoms with Crippen LogP contribution in [0.3, 0.4) is 0 Å². The molecule has 1 saturated heterocycles. The summed E-state index contributed by atoms with van der Waals surface area (Å²) < 4.78 is 10.2. The van der Waals surface area contributed by atoms with Crippen LogP contribution in [0.5, 0.6) is 0 Å². The van der Waals surface area contributed by atoms with Gasteiger partial charge in [0, 0.05) is 19.7 Å². The van der Waals surface area contributed by atoms with Crippen LogP contribution < -0.4 is 10.6 Å². The molecule has 0 saturated carbocycles. The summed E-state index contributed by atoms with van der Waals surface area (Å²) in [4.78, 5) is 11.8. The molecule has 0 aromatic carbocycles. The molecule has 94 valence electrons. The lowest BCUT2D eigenvalue weighted by molar-refractivity contribution is -0.123. The molecular weight excluding hydrogens is 222 g/mol. The van der Waals surface area contributed by atoms with E-state index in [9.17, 15) is 4.79 Å². The molecule has 0 spiro atoms. The van der Waals surface area contributed by atoms with Gasteiger partial charge in [-0.3, -0.25) is 4.79 Å². The van der Waals surface area contributed by atoms with Crippen LogP contribution in [0.15, 0.2) is 10.6 Å². The average molecular weight is 239 g/mol. The Hall–Kier alpha value is -1.40. The van der Waals surface area contributed by atoms with E-state index in [4.69, 9.17) is 9.26 Å². The smallest absolute Gasteiger partial charge is 0.237 e. The van der Waals surface area contributed by atoms with E-state index in [1.807, 2.05) is 6.92 Å². The quantitative estimate of drug-likeness (QED) is 0.772. The van der Waals surface area contributed by atoms with E-state index in [2.05, 4.69) is 15.8 Å². The van der Waals surface area contributed by atoms with Crippen LogP contribution in [0.1, 0.15) is 17.9 Å². The second-order valence-electron chi connectivity index (χ2n) is 4.21. The van der Waals surface area contributed by atoms with E-state index in [1.165, 1.54) is 0 Å². The van der Waals surface area contributed by atoms with Gasteiger partial charge < -0.3 is 19.9 Å². The van der Waals surface area contributed by atoms with Crippen LogP contribution in [-0.4, -0.2) is 36.9 Å². The second-order valence-corrected chi connectivity index (χ2v) is 4.21. The van der Waals surface area contributed by atoms with Crippen molar-refractivity contribution in [2.24, 2.45) is 0 Å². The Balaban J connectivity index is 1.78. The maximum Gasteiger partial charge on any atom is 0.237 e. The van der Waals surface area contributed by atoms with Gasteiger partial charge in [0.1, 0.15) is 0 Å². The molecule has 1 amide bonds. The molecule has 2 N–H and O–H groups in total. The fourth-order valence-electron chi connectivity index (χ4n) is 1.88. The van der Waals surface area contributed by atoms with Gasteiger partial charge in [0.05, 0.1) is 24.4 Å². The molecule has 2 heterocycles. The lowest BCUT2D eigenvalue weighted by atomic mass is 10.2. The number of nitrogens with zero attached hydrogens (tertiary/aromatic N) is 1. The minimum atomic E-state index is -0.177. The first-order chi connectivity index (χ1) is 8.19. The Morgan fingerprint density at radius 1 is 1.76 bits per heavy atom. The summed E-state index contributed by atoms with van der Waals surface area (Å²) in [5.41, 5.74) is 0.813. The summed E-state index contributed by atoms with van der Waals surface area (Å²) in [5.74, 6) is 0.635. The summed E-state index contributed by atoms with van der Waals surface area (Å²) in [7, 11) is 1.66. The summed E-state index contributed by atoms with van der Waals surface area (Å²) in [6.07, 6.45) is 0.830. The lowest BCUT2D eigenvalue weighted by Crippen LogP contribution is -2.39. The molecule has 6 heteroatoms. The number of methoxy groups -OCH3 is 1. The highest BCUT2D eigenvalue weighted by Gasteiger charge is 2.29. The van der Waals surface area contributed by atoms with Crippen LogP contribution in [0, 0.1) is 6.92 Å². The first-order valence-electron chi connectivity index (χ1n) is 5.65. The predicted octanol–water partition coefficient (Wildman–Crippen LogP) is -0.0239. The normalized spacial score (nSPS) is 23.9. The predicted molar refractivity (Wildman–Crippen MR) is 60.3 cm³/mol. The molecule has 1 aromatic heterocycles. The zero-order valence-electron chi connectivity index (χ0n) is 10.0. The van der Waals surface area contributed by atoms with Crippen LogP contribution in [-0.2, 0) is 16.1 Å². The average Bonchev–Trinajstić information content (AvgIpc) is 2.94. The number of ether oxygens (including phenoxy) is 1. The summed E-state index contributed by atoms with van der Waals surface area (Å²) in [6, 6.07) is 1.63. The van der Waals surface area contributed by atoms with Crippen molar-refractivity contribution < 1.29 is 14.1 Å². The van der Waals surface area contributed by atoms with Crippen LogP contribution in [0.2, 0.25) is 0 Å². The van der Waals surface area contributed by atoms with Gasteiger partial charge in [-0.25, -0.2) is 0 Å². The topological polar surface area (TPSA) is 76.4 Å². The third-order valence-electron chi connectivity index (χ3n) is 2.85. The molecule has 17 heavy (non-hydrogen) atoms. The number of aryl methyl sites for hydroxylation is 1. The van der Waals surface area contributed by atoms with Crippen molar-refractivity contribution in [3.63, 3.8) is 0 Å². The summed E-state index contributed by atoms with van der Waals surface area (Å²) in [5, 5.41) is 9.68. The Morgan fingerprint density at radius 3 is 3.18 bits per heavy atom. The number of rotatable bonds is 4. The number of nitrogens with one attached hydrogen (secondary N) is 2. The van der Waals surface area contributed by atoms with Crippen LogP contribution in [0.4, 0.5) is 0 Å². The Labute approximate surface area is 99.7 Å². The molecule has 2 atom stereocenters. The molecule has 0 radical (unpaired) electrons. The molecule has 1 aliphatic heterocycles. The Morgan fingerprint density at radius 2 is 2.59 bits per heavy atom. The maximum atomic E-state index is 11.8. The van der Waals surface area contributed by atoms with Gasteiger partial charge in [0.25, 0.3) is 0 Å². The van der Waals surface area contributed by atoms with E-state index in [-0.39, 0.29) is 18.1 Å². The number of hydrogen-bond donors (Lipinski definition) is 2. The van der Waals surface area contributed by atoms with Gasteiger partial charge in [-0.15, -0.1) is 0 Å². The molecule has 2 unspecified atom stereocenters. The van der Waals surface area contributed by atoms with E-state index in [1.54, 1.807) is 13.2 Å². The van der Waals surface area contributed by atoms with Crippen molar-refractivity contribution in [3.05, 3.63) is 17.5 Å². The Bertz CT molecular complexity index is 391.